The third-order valence-corrected chi connectivity index (χ3v) is 2.78. The zero-order chi connectivity index (χ0) is 11.9. The smallest absolute Gasteiger partial charge is 0.320 e. The Morgan fingerprint density at radius 2 is 1.87 bits per heavy atom. The number of carbonyl (C=O) groups is 1. The molecule has 15 heavy (non-hydrogen) atoms. The average molecular weight is 228 g/mol. The van der Waals surface area contributed by atoms with E-state index < -0.39 is 8.32 Å². The summed E-state index contributed by atoms with van der Waals surface area (Å²) in [6.07, 6.45) is 6.59. The van der Waals surface area contributed by atoms with Crippen molar-refractivity contribution in [3.8, 4) is 0 Å². The van der Waals surface area contributed by atoms with Crippen molar-refractivity contribution in [2.75, 3.05) is 0 Å². The quantitative estimate of drug-likeness (QED) is 0.391. The van der Waals surface area contributed by atoms with Gasteiger partial charge in [-0.05, 0) is 39.4 Å². The van der Waals surface area contributed by atoms with Gasteiger partial charge in [0.2, 0.25) is 8.32 Å². The Hall–Kier alpha value is -0.573. The molecule has 0 aliphatic rings. The highest BCUT2D eigenvalue weighted by molar-refractivity contribution is 6.71. The molecule has 0 atom stereocenters. The highest BCUT2D eigenvalue weighted by Gasteiger charge is 2.20. The predicted molar refractivity (Wildman–Crippen MR) is 67.3 cm³/mol. The summed E-state index contributed by atoms with van der Waals surface area (Å²) >= 11 is 0. The number of rotatable bonds is 6. The summed E-state index contributed by atoms with van der Waals surface area (Å²) < 4.78 is 5.39. The average Bonchev–Trinajstić information content (AvgIpc) is 2.09. The Balaban J connectivity index is 3.97. The third-order valence-electron chi connectivity index (χ3n) is 1.98. The monoisotopic (exact) mass is 228 g/mol. The number of carbonyl (C=O) groups excluding carboxylic acids is 1. The summed E-state index contributed by atoms with van der Waals surface area (Å²) in [5, 5.41) is 0. The van der Waals surface area contributed by atoms with Crippen molar-refractivity contribution < 1.29 is 9.22 Å². The molecule has 0 saturated heterocycles. The zero-order valence-corrected chi connectivity index (χ0v) is 11.7. The van der Waals surface area contributed by atoms with Gasteiger partial charge in [0.15, 0.2) is 0 Å². The molecular weight excluding hydrogens is 204 g/mol. The molecule has 0 aromatic rings. The van der Waals surface area contributed by atoms with Crippen molar-refractivity contribution in [1.82, 2.24) is 0 Å². The van der Waals surface area contributed by atoms with Crippen LogP contribution in [-0.2, 0) is 9.22 Å². The van der Waals surface area contributed by atoms with E-state index in [9.17, 15) is 4.79 Å². The Bertz CT molecular complexity index is 226. The van der Waals surface area contributed by atoms with Gasteiger partial charge in [-0.1, -0.05) is 25.8 Å². The van der Waals surface area contributed by atoms with Gasteiger partial charge >= 0.3 is 5.97 Å². The second-order valence-electron chi connectivity index (χ2n) is 4.88. The lowest BCUT2D eigenvalue weighted by molar-refractivity contribution is -0.130. The van der Waals surface area contributed by atoms with Crippen molar-refractivity contribution in [1.29, 1.82) is 0 Å². The van der Waals surface area contributed by atoms with Gasteiger partial charge in [-0.3, -0.25) is 0 Å². The Kier molecular flexibility index (Phi) is 6.57. The minimum absolute atomic E-state index is 0.134. The van der Waals surface area contributed by atoms with Crippen molar-refractivity contribution in [2.24, 2.45) is 0 Å². The molecule has 0 N–H and O–H groups in total. The Labute approximate surface area is 94.8 Å². The molecule has 0 aliphatic heterocycles. The van der Waals surface area contributed by atoms with Crippen molar-refractivity contribution in [3.63, 3.8) is 0 Å². The highest BCUT2D eigenvalue weighted by Crippen LogP contribution is 2.09. The van der Waals surface area contributed by atoms with Crippen LogP contribution < -0.4 is 0 Å². The second kappa shape index (κ2) is 6.83. The van der Waals surface area contributed by atoms with Gasteiger partial charge in [-0.25, -0.2) is 4.79 Å². The van der Waals surface area contributed by atoms with Crippen LogP contribution in [0.2, 0.25) is 19.6 Å². The zero-order valence-electron chi connectivity index (χ0n) is 10.7. The van der Waals surface area contributed by atoms with Gasteiger partial charge < -0.3 is 4.43 Å². The first kappa shape index (κ1) is 14.4. The highest BCUT2D eigenvalue weighted by atomic mass is 28.4. The molecule has 88 valence electrons. The standard InChI is InChI=1S/C12H24O2Si/c1-6-7-8-9-10-11(2)12(13)14-15(3,4)5/h10H,6-9H2,1-5H3. The lowest BCUT2D eigenvalue weighted by atomic mass is 10.1. The molecule has 0 aromatic heterocycles. The molecule has 3 heteroatoms. The van der Waals surface area contributed by atoms with E-state index in [0.717, 1.165) is 18.4 Å². The van der Waals surface area contributed by atoms with Crippen LogP contribution in [0.1, 0.15) is 39.5 Å². The van der Waals surface area contributed by atoms with E-state index in [2.05, 4.69) is 6.92 Å². The molecule has 0 saturated carbocycles. The number of unbranched alkanes of at least 4 members (excludes halogenated alkanes) is 3. The van der Waals surface area contributed by atoms with E-state index in [1.807, 2.05) is 32.6 Å². The van der Waals surface area contributed by atoms with E-state index in [0.29, 0.717) is 0 Å². The summed E-state index contributed by atoms with van der Waals surface area (Å²) in [4.78, 5) is 11.6. The molecule has 0 heterocycles. The van der Waals surface area contributed by atoms with E-state index >= 15 is 0 Å². The fourth-order valence-corrected chi connectivity index (χ4v) is 1.87. The lowest BCUT2D eigenvalue weighted by Crippen LogP contribution is -2.29. The molecule has 0 aromatic carbocycles. The molecule has 0 unspecified atom stereocenters. The van der Waals surface area contributed by atoms with Gasteiger partial charge in [0, 0.05) is 5.57 Å². The number of allylic oxidation sites excluding steroid dienone is 1. The van der Waals surface area contributed by atoms with Crippen LogP contribution in [-0.4, -0.2) is 14.3 Å². The van der Waals surface area contributed by atoms with Gasteiger partial charge in [-0.15, -0.1) is 0 Å². The number of hydrogen-bond donors (Lipinski definition) is 0. The fraction of sp³-hybridized carbons (Fsp3) is 0.750. The molecule has 0 rings (SSSR count). The van der Waals surface area contributed by atoms with Gasteiger partial charge in [0.1, 0.15) is 0 Å². The molecule has 0 bridgehead atoms. The van der Waals surface area contributed by atoms with E-state index in [1.165, 1.54) is 12.8 Å². The first-order valence-corrected chi connectivity index (χ1v) is 9.17. The summed E-state index contributed by atoms with van der Waals surface area (Å²) in [5.41, 5.74) is 0.758. The molecule has 0 spiro atoms. The van der Waals surface area contributed by atoms with E-state index in [1.54, 1.807) is 0 Å². The molecule has 0 amide bonds. The number of hydrogen-bond acceptors (Lipinski definition) is 2. The molecule has 2 nitrogen and oxygen atoms in total. The lowest BCUT2D eigenvalue weighted by Gasteiger charge is -2.17. The van der Waals surface area contributed by atoms with Crippen LogP contribution in [0.4, 0.5) is 0 Å². The van der Waals surface area contributed by atoms with Crippen molar-refractivity contribution in [3.05, 3.63) is 11.6 Å². The van der Waals surface area contributed by atoms with Gasteiger partial charge in [-0.2, -0.15) is 0 Å². The maximum absolute atomic E-state index is 11.6. The van der Waals surface area contributed by atoms with E-state index in [-0.39, 0.29) is 5.97 Å². The Morgan fingerprint density at radius 1 is 1.27 bits per heavy atom. The van der Waals surface area contributed by atoms with Crippen LogP contribution in [0.15, 0.2) is 11.6 Å². The third kappa shape index (κ3) is 8.42. The van der Waals surface area contributed by atoms with Crippen LogP contribution in [0, 0.1) is 0 Å². The van der Waals surface area contributed by atoms with Crippen LogP contribution >= 0.6 is 0 Å². The SMILES string of the molecule is CCCCCC=C(C)C(=O)O[Si](C)(C)C. The Morgan fingerprint density at radius 3 is 2.33 bits per heavy atom. The minimum Gasteiger partial charge on any atom is -0.517 e. The van der Waals surface area contributed by atoms with E-state index in [4.69, 9.17) is 4.43 Å². The van der Waals surface area contributed by atoms with Gasteiger partial charge in [0.05, 0.1) is 0 Å². The molecule has 0 radical (unpaired) electrons. The normalized spacial score (nSPS) is 12.7. The van der Waals surface area contributed by atoms with Crippen LogP contribution in [0.25, 0.3) is 0 Å². The summed E-state index contributed by atoms with van der Waals surface area (Å²) in [6, 6.07) is 0. The van der Waals surface area contributed by atoms with Crippen LogP contribution in [0.5, 0.6) is 0 Å². The fourth-order valence-electron chi connectivity index (χ4n) is 1.15. The maximum Gasteiger partial charge on any atom is 0.320 e. The van der Waals surface area contributed by atoms with Crippen molar-refractivity contribution >= 4 is 14.3 Å². The molecular formula is C12H24O2Si. The first-order valence-electron chi connectivity index (χ1n) is 5.77. The first-order chi connectivity index (χ1) is 6.87. The van der Waals surface area contributed by atoms with Crippen LogP contribution in [0.3, 0.4) is 0 Å². The topological polar surface area (TPSA) is 26.3 Å². The van der Waals surface area contributed by atoms with Gasteiger partial charge in [0.25, 0.3) is 0 Å². The van der Waals surface area contributed by atoms with Crippen molar-refractivity contribution in [2.45, 2.75) is 59.2 Å². The maximum atomic E-state index is 11.6. The summed E-state index contributed by atoms with van der Waals surface area (Å²) in [5.74, 6) is -0.134. The molecule has 0 fully saturated rings. The second-order valence-corrected chi connectivity index (χ2v) is 9.31. The molecule has 0 aliphatic carbocycles. The summed E-state index contributed by atoms with van der Waals surface area (Å²) in [7, 11) is -1.73. The largest absolute Gasteiger partial charge is 0.517 e. The summed E-state index contributed by atoms with van der Waals surface area (Å²) in [6.45, 7) is 10.1. The predicted octanol–water partition coefficient (Wildman–Crippen LogP) is 3.89. The minimum atomic E-state index is -1.73.